The van der Waals surface area contributed by atoms with Crippen LogP contribution in [-0.2, 0) is 6.18 Å². The van der Waals surface area contributed by atoms with Crippen molar-refractivity contribution in [3.8, 4) is 0 Å². The fraction of sp³-hybridized carbons (Fsp3) is 0.412. The predicted molar refractivity (Wildman–Crippen MR) is 96.1 cm³/mol. The maximum Gasteiger partial charge on any atom is 0.417 e. The molecule has 1 aliphatic heterocycles. The highest BCUT2D eigenvalue weighted by Gasteiger charge is 2.33. The Kier molecular flexibility index (Phi) is 5.52. The van der Waals surface area contributed by atoms with Crippen molar-refractivity contribution in [2.75, 3.05) is 42.9 Å². The lowest BCUT2D eigenvalue weighted by Crippen LogP contribution is -2.46. The molecular formula is C17H19ClF3N5. The number of alkyl halides is 3. The minimum Gasteiger partial charge on any atom is -0.340 e. The number of anilines is 3. The van der Waals surface area contributed by atoms with Gasteiger partial charge < -0.3 is 15.1 Å². The number of rotatable bonds is 4. The van der Waals surface area contributed by atoms with E-state index in [9.17, 15) is 13.2 Å². The third-order valence-electron chi connectivity index (χ3n) is 4.29. The molecule has 0 saturated carbocycles. The first-order valence-electron chi connectivity index (χ1n) is 8.31. The lowest BCUT2D eigenvalue weighted by molar-refractivity contribution is -0.137. The Morgan fingerprint density at radius 2 is 1.88 bits per heavy atom. The SMILES string of the molecule is CCN1CCN(c2nccc(Nc3ccc(Cl)c(C(F)(F)F)c3)n2)CC1. The van der Waals surface area contributed by atoms with Crippen LogP contribution in [0, 0.1) is 0 Å². The molecule has 26 heavy (non-hydrogen) atoms. The molecule has 3 rings (SSSR count). The molecule has 2 aromatic rings. The molecule has 0 bridgehead atoms. The Balaban J connectivity index is 1.75. The second kappa shape index (κ2) is 7.67. The average molecular weight is 386 g/mol. The Bertz CT molecular complexity index is 760. The van der Waals surface area contributed by atoms with Crippen molar-refractivity contribution in [2.45, 2.75) is 13.1 Å². The summed E-state index contributed by atoms with van der Waals surface area (Å²) in [6.45, 7) is 6.63. The van der Waals surface area contributed by atoms with Gasteiger partial charge in [-0.05, 0) is 30.8 Å². The maximum atomic E-state index is 13.0. The first kappa shape index (κ1) is 18.7. The highest BCUT2D eigenvalue weighted by atomic mass is 35.5. The summed E-state index contributed by atoms with van der Waals surface area (Å²) in [4.78, 5) is 13.1. The molecule has 1 aliphatic rings. The van der Waals surface area contributed by atoms with Gasteiger partial charge in [-0.15, -0.1) is 0 Å². The number of piperazine rings is 1. The van der Waals surface area contributed by atoms with Crippen LogP contribution in [0.25, 0.3) is 0 Å². The molecule has 5 nitrogen and oxygen atoms in total. The van der Waals surface area contributed by atoms with Crippen LogP contribution in [0.1, 0.15) is 12.5 Å². The second-order valence-electron chi connectivity index (χ2n) is 5.98. The highest BCUT2D eigenvalue weighted by Crippen LogP contribution is 2.36. The van der Waals surface area contributed by atoms with Gasteiger partial charge in [0.05, 0.1) is 10.6 Å². The topological polar surface area (TPSA) is 44.3 Å². The molecule has 140 valence electrons. The highest BCUT2D eigenvalue weighted by molar-refractivity contribution is 6.31. The quantitative estimate of drug-likeness (QED) is 0.860. The number of benzene rings is 1. The van der Waals surface area contributed by atoms with Gasteiger partial charge in [0.25, 0.3) is 0 Å². The molecule has 0 spiro atoms. The van der Waals surface area contributed by atoms with Gasteiger partial charge in [0.2, 0.25) is 5.95 Å². The molecule has 1 aromatic carbocycles. The zero-order valence-electron chi connectivity index (χ0n) is 14.2. The Morgan fingerprint density at radius 3 is 2.54 bits per heavy atom. The molecule has 2 heterocycles. The minimum absolute atomic E-state index is 0.266. The smallest absolute Gasteiger partial charge is 0.340 e. The van der Waals surface area contributed by atoms with Crippen molar-refractivity contribution < 1.29 is 13.2 Å². The van der Waals surface area contributed by atoms with Gasteiger partial charge in [-0.3, -0.25) is 0 Å². The molecule has 0 atom stereocenters. The Hall–Kier alpha value is -2.06. The van der Waals surface area contributed by atoms with E-state index >= 15 is 0 Å². The number of nitrogens with one attached hydrogen (secondary N) is 1. The molecule has 1 N–H and O–H groups in total. The van der Waals surface area contributed by atoms with Gasteiger partial charge in [0, 0.05) is 38.1 Å². The number of hydrogen-bond donors (Lipinski definition) is 1. The third-order valence-corrected chi connectivity index (χ3v) is 4.62. The van der Waals surface area contributed by atoms with Crippen LogP contribution in [0.5, 0.6) is 0 Å². The van der Waals surface area contributed by atoms with Gasteiger partial charge in [-0.25, -0.2) is 4.98 Å². The largest absolute Gasteiger partial charge is 0.417 e. The van der Waals surface area contributed by atoms with E-state index < -0.39 is 11.7 Å². The lowest BCUT2D eigenvalue weighted by Gasteiger charge is -2.34. The average Bonchev–Trinajstić information content (AvgIpc) is 2.63. The van der Waals surface area contributed by atoms with E-state index in [0.29, 0.717) is 11.8 Å². The van der Waals surface area contributed by atoms with Gasteiger partial charge in [0.15, 0.2) is 0 Å². The lowest BCUT2D eigenvalue weighted by atomic mass is 10.2. The summed E-state index contributed by atoms with van der Waals surface area (Å²) < 4.78 is 39.0. The van der Waals surface area contributed by atoms with E-state index in [2.05, 4.69) is 32.0 Å². The Labute approximate surface area is 154 Å². The predicted octanol–water partition coefficient (Wildman–Crippen LogP) is 4.03. The number of halogens is 4. The summed E-state index contributed by atoms with van der Waals surface area (Å²) in [5, 5.41) is 2.56. The van der Waals surface area contributed by atoms with Crippen molar-refractivity contribution in [3.05, 3.63) is 41.0 Å². The minimum atomic E-state index is -4.51. The van der Waals surface area contributed by atoms with Gasteiger partial charge in [-0.2, -0.15) is 18.2 Å². The van der Waals surface area contributed by atoms with Crippen LogP contribution >= 0.6 is 11.6 Å². The van der Waals surface area contributed by atoms with Crippen LogP contribution in [0.3, 0.4) is 0 Å². The Morgan fingerprint density at radius 1 is 1.15 bits per heavy atom. The van der Waals surface area contributed by atoms with E-state index in [1.54, 1.807) is 12.3 Å². The number of nitrogens with zero attached hydrogens (tertiary/aromatic N) is 4. The van der Waals surface area contributed by atoms with Crippen LogP contribution in [0.15, 0.2) is 30.5 Å². The molecule has 1 aromatic heterocycles. The molecule has 0 unspecified atom stereocenters. The number of likely N-dealkylation sites (N-methyl/N-ethyl adjacent to an activating group) is 1. The number of aromatic nitrogens is 2. The molecule has 0 radical (unpaired) electrons. The fourth-order valence-electron chi connectivity index (χ4n) is 2.80. The van der Waals surface area contributed by atoms with E-state index in [0.717, 1.165) is 38.8 Å². The van der Waals surface area contributed by atoms with Crippen LogP contribution in [0.4, 0.5) is 30.6 Å². The summed E-state index contributed by atoms with van der Waals surface area (Å²) in [5.41, 5.74) is -0.615. The molecular weight excluding hydrogens is 367 g/mol. The molecule has 9 heteroatoms. The summed E-state index contributed by atoms with van der Waals surface area (Å²) in [6, 6.07) is 5.30. The summed E-state index contributed by atoms with van der Waals surface area (Å²) in [7, 11) is 0. The van der Waals surface area contributed by atoms with Crippen molar-refractivity contribution in [1.82, 2.24) is 14.9 Å². The molecule has 1 fully saturated rings. The standard InChI is InChI=1S/C17H19ClF3N5/c1-2-25-7-9-26(10-8-25)16-22-6-5-15(24-16)23-12-3-4-14(18)13(11-12)17(19,20)21/h3-6,11H,2,7-10H2,1H3,(H,22,23,24). The molecule has 1 saturated heterocycles. The first-order chi connectivity index (χ1) is 12.4. The normalized spacial score (nSPS) is 16.0. The summed E-state index contributed by atoms with van der Waals surface area (Å²) in [6.07, 6.45) is -2.91. The van der Waals surface area contributed by atoms with Crippen LogP contribution < -0.4 is 10.2 Å². The van der Waals surface area contributed by atoms with Gasteiger partial charge in [0.1, 0.15) is 5.82 Å². The van der Waals surface area contributed by atoms with E-state index in [-0.39, 0.29) is 10.7 Å². The van der Waals surface area contributed by atoms with E-state index in [4.69, 9.17) is 11.6 Å². The van der Waals surface area contributed by atoms with E-state index in [1.165, 1.54) is 12.1 Å². The fourth-order valence-corrected chi connectivity index (χ4v) is 3.03. The van der Waals surface area contributed by atoms with Crippen molar-refractivity contribution >= 4 is 29.1 Å². The number of hydrogen-bond acceptors (Lipinski definition) is 5. The zero-order valence-corrected chi connectivity index (χ0v) is 15.0. The van der Waals surface area contributed by atoms with Crippen molar-refractivity contribution in [3.63, 3.8) is 0 Å². The first-order valence-corrected chi connectivity index (χ1v) is 8.68. The third kappa shape index (κ3) is 4.37. The van der Waals surface area contributed by atoms with Gasteiger partial charge >= 0.3 is 6.18 Å². The van der Waals surface area contributed by atoms with E-state index in [1.807, 2.05) is 0 Å². The van der Waals surface area contributed by atoms with Gasteiger partial charge in [-0.1, -0.05) is 18.5 Å². The molecule has 0 amide bonds. The zero-order chi connectivity index (χ0) is 18.7. The summed E-state index contributed by atoms with van der Waals surface area (Å²) in [5.74, 6) is 0.999. The van der Waals surface area contributed by atoms with Crippen LogP contribution in [-0.4, -0.2) is 47.6 Å². The second-order valence-corrected chi connectivity index (χ2v) is 6.39. The van der Waals surface area contributed by atoms with Crippen LogP contribution in [0.2, 0.25) is 5.02 Å². The van der Waals surface area contributed by atoms with Crippen molar-refractivity contribution in [2.24, 2.45) is 0 Å². The van der Waals surface area contributed by atoms with Crippen molar-refractivity contribution in [1.29, 1.82) is 0 Å². The summed E-state index contributed by atoms with van der Waals surface area (Å²) >= 11 is 5.65. The maximum absolute atomic E-state index is 13.0. The monoisotopic (exact) mass is 385 g/mol. The molecule has 0 aliphatic carbocycles.